The van der Waals surface area contributed by atoms with Gasteiger partial charge in [-0.1, -0.05) is 30.9 Å². The van der Waals surface area contributed by atoms with Crippen LogP contribution in [-0.2, 0) is 0 Å². The lowest BCUT2D eigenvalue weighted by Crippen LogP contribution is -2.47. The van der Waals surface area contributed by atoms with Crippen LogP contribution in [0.4, 0.5) is 5.69 Å². The van der Waals surface area contributed by atoms with E-state index in [0.29, 0.717) is 10.9 Å². The Morgan fingerprint density at radius 1 is 1.22 bits per heavy atom. The summed E-state index contributed by atoms with van der Waals surface area (Å²) < 4.78 is 0. The number of rotatable bonds is 4. The molecular weight excluding hydrogens is 314 g/mol. The number of hydrogen-bond donors (Lipinski definition) is 1. The minimum atomic E-state index is -0.260. The number of halogens is 1. The first-order valence-electron chi connectivity index (χ1n) is 8.55. The average Bonchev–Trinajstić information content (AvgIpc) is 2.57. The molecule has 0 bridgehead atoms. The SMILES string of the molecule is O=[N+]([O-])c1ccc(Cl)cc1[C@@H](C1CCCCC1)N1CCNCC1. The predicted molar refractivity (Wildman–Crippen MR) is 91.9 cm³/mol. The molecule has 5 nitrogen and oxygen atoms in total. The van der Waals surface area contributed by atoms with Gasteiger partial charge < -0.3 is 5.32 Å². The lowest BCUT2D eigenvalue weighted by molar-refractivity contribution is -0.386. The summed E-state index contributed by atoms with van der Waals surface area (Å²) in [6.45, 7) is 3.75. The van der Waals surface area contributed by atoms with E-state index in [-0.39, 0.29) is 16.7 Å². The van der Waals surface area contributed by atoms with Gasteiger partial charge in [0.25, 0.3) is 5.69 Å². The first-order valence-corrected chi connectivity index (χ1v) is 8.93. The van der Waals surface area contributed by atoms with Gasteiger partial charge in [0.05, 0.1) is 4.92 Å². The largest absolute Gasteiger partial charge is 0.314 e. The van der Waals surface area contributed by atoms with Crippen molar-refractivity contribution >= 4 is 17.3 Å². The highest BCUT2D eigenvalue weighted by Gasteiger charge is 2.35. The number of nitro groups is 1. The van der Waals surface area contributed by atoms with Gasteiger partial charge in [-0.2, -0.15) is 0 Å². The molecule has 1 saturated carbocycles. The van der Waals surface area contributed by atoms with E-state index in [1.807, 2.05) is 6.07 Å². The Morgan fingerprint density at radius 2 is 1.91 bits per heavy atom. The van der Waals surface area contributed by atoms with Gasteiger partial charge in [-0.15, -0.1) is 0 Å². The van der Waals surface area contributed by atoms with Gasteiger partial charge in [0.1, 0.15) is 0 Å². The average molecular weight is 338 g/mol. The van der Waals surface area contributed by atoms with Crippen LogP contribution in [0.25, 0.3) is 0 Å². The standard InChI is InChI=1S/C17H24ClN3O2/c18-14-6-7-16(21(22)23)15(12-14)17(13-4-2-1-3-5-13)20-10-8-19-9-11-20/h6-7,12-13,17,19H,1-5,8-11H2/t17-/m1/s1. The summed E-state index contributed by atoms with van der Waals surface area (Å²) in [5.41, 5.74) is 1.01. The van der Waals surface area contributed by atoms with Crippen LogP contribution in [0.1, 0.15) is 43.7 Å². The molecule has 1 saturated heterocycles. The quantitative estimate of drug-likeness (QED) is 0.671. The second-order valence-electron chi connectivity index (χ2n) is 6.59. The van der Waals surface area contributed by atoms with Crippen molar-refractivity contribution in [2.75, 3.05) is 26.2 Å². The van der Waals surface area contributed by atoms with Crippen molar-refractivity contribution in [3.05, 3.63) is 38.9 Å². The monoisotopic (exact) mass is 337 g/mol. The van der Waals surface area contributed by atoms with Gasteiger partial charge >= 0.3 is 0 Å². The number of nitrogens with zero attached hydrogens (tertiary/aromatic N) is 2. The molecule has 1 aliphatic heterocycles. The molecule has 2 aliphatic rings. The zero-order chi connectivity index (χ0) is 16.2. The molecule has 126 valence electrons. The molecular formula is C17H24ClN3O2. The number of nitrogens with one attached hydrogen (secondary N) is 1. The lowest BCUT2D eigenvalue weighted by Gasteiger charge is -2.41. The third-order valence-electron chi connectivity index (χ3n) is 5.15. The van der Waals surface area contributed by atoms with Gasteiger partial charge in [-0.05, 0) is 30.9 Å². The van der Waals surface area contributed by atoms with Crippen molar-refractivity contribution in [2.24, 2.45) is 5.92 Å². The van der Waals surface area contributed by atoms with E-state index in [1.165, 1.54) is 19.3 Å². The molecule has 1 N–H and O–H groups in total. The fraction of sp³-hybridized carbons (Fsp3) is 0.647. The predicted octanol–water partition coefficient (Wildman–Crippen LogP) is 3.77. The summed E-state index contributed by atoms with van der Waals surface area (Å²) in [5.74, 6) is 0.485. The minimum absolute atomic E-state index is 0.108. The maximum Gasteiger partial charge on any atom is 0.274 e. The molecule has 3 rings (SSSR count). The molecule has 1 aliphatic carbocycles. The van der Waals surface area contributed by atoms with E-state index in [1.54, 1.807) is 12.1 Å². The van der Waals surface area contributed by atoms with Crippen molar-refractivity contribution in [3.63, 3.8) is 0 Å². The van der Waals surface area contributed by atoms with Gasteiger partial charge in [0.15, 0.2) is 0 Å². The van der Waals surface area contributed by atoms with Gasteiger partial charge in [0, 0.05) is 48.9 Å². The molecule has 0 spiro atoms. The number of benzene rings is 1. The first-order chi connectivity index (χ1) is 11.2. The molecule has 1 aromatic rings. The third-order valence-corrected chi connectivity index (χ3v) is 5.38. The van der Waals surface area contributed by atoms with Crippen molar-refractivity contribution in [3.8, 4) is 0 Å². The smallest absolute Gasteiger partial charge is 0.274 e. The summed E-state index contributed by atoms with van der Waals surface area (Å²) in [4.78, 5) is 13.7. The Morgan fingerprint density at radius 3 is 2.57 bits per heavy atom. The summed E-state index contributed by atoms with van der Waals surface area (Å²) in [6, 6.07) is 5.12. The van der Waals surface area contributed by atoms with Gasteiger partial charge in [0.2, 0.25) is 0 Å². The van der Waals surface area contributed by atoms with E-state index in [9.17, 15) is 10.1 Å². The van der Waals surface area contributed by atoms with Crippen LogP contribution >= 0.6 is 11.6 Å². The van der Waals surface area contributed by atoms with Gasteiger partial charge in [-0.25, -0.2) is 0 Å². The van der Waals surface area contributed by atoms with E-state index in [2.05, 4.69) is 10.2 Å². The van der Waals surface area contributed by atoms with Crippen molar-refractivity contribution in [2.45, 2.75) is 38.1 Å². The van der Waals surface area contributed by atoms with E-state index in [0.717, 1.165) is 44.6 Å². The minimum Gasteiger partial charge on any atom is -0.314 e. The van der Waals surface area contributed by atoms with E-state index in [4.69, 9.17) is 11.6 Å². The Hall–Kier alpha value is -1.17. The maximum absolute atomic E-state index is 11.5. The second-order valence-corrected chi connectivity index (χ2v) is 7.03. The molecule has 0 radical (unpaired) electrons. The lowest BCUT2D eigenvalue weighted by atomic mass is 9.79. The summed E-state index contributed by atoms with van der Waals surface area (Å²) in [6.07, 6.45) is 6.03. The van der Waals surface area contributed by atoms with Crippen LogP contribution < -0.4 is 5.32 Å². The Bertz CT molecular complexity index is 537. The highest BCUT2D eigenvalue weighted by atomic mass is 35.5. The van der Waals surface area contributed by atoms with Crippen molar-refractivity contribution < 1.29 is 4.92 Å². The first kappa shape index (κ1) is 16.7. The molecule has 0 amide bonds. The molecule has 0 unspecified atom stereocenters. The Labute approximate surface area is 142 Å². The fourth-order valence-electron chi connectivity index (χ4n) is 4.09. The highest BCUT2D eigenvalue weighted by Crippen LogP contribution is 2.42. The van der Waals surface area contributed by atoms with E-state index < -0.39 is 0 Å². The van der Waals surface area contributed by atoms with E-state index >= 15 is 0 Å². The summed E-state index contributed by atoms with van der Waals surface area (Å²) in [7, 11) is 0. The van der Waals surface area contributed by atoms with Crippen LogP contribution in [0.5, 0.6) is 0 Å². The zero-order valence-electron chi connectivity index (χ0n) is 13.3. The number of piperazine rings is 1. The Balaban J connectivity index is 1.99. The number of nitro benzene ring substituents is 1. The molecule has 1 heterocycles. The molecule has 1 atom stereocenters. The topological polar surface area (TPSA) is 58.4 Å². The zero-order valence-corrected chi connectivity index (χ0v) is 14.1. The second kappa shape index (κ2) is 7.60. The molecule has 0 aromatic heterocycles. The number of hydrogen-bond acceptors (Lipinski definition) is 4. The molecule has 23 heavy (non-hydrogen) atoms. The summed E-state index contributed by atoms with van der Waals surface area (Å²) in [5, 5.41) is 15.5. The third kappa shape index (κ3) is 3.84. The molecule has 6 heteroatoms. The highest BCUT2D eigenvalue weighted by molar-refractivity contribution is 6.30. The van der Waals surface area contributed by atoms with Crippen molar-refractivity contribution in [1.29, 1.82) is 0 Å². The molecule has 1 aromatic carbocycles. The van der Waals surface area contributed by atoms with Crippen LogP contribution in [0.3, 0.4) is 0 Å². The maximum atomic E-state index is 11.5. The van der Waals surface area contributed by atoms with Crippen LogP contribution in [-0.4, -0.2) is 36.0 Å². The van der Waals surface area contributed by atoms with Gasteiger partial charge in [-0.3, -0.25) is 15.0 Å². The Kier molecular flexibility index (Phi) is 5.51. The van der Waals surface area contributed by atoms with Crippen LogP contribution in [0.2, 0.25) is 5.02 Å². The molecule has 2 fully saturated rings. The van der Waals surface area contributed by atoms with Crippen LogP contribution in [0, 0.1) is 16.0 Å². The van der Waals surface area contributed by atoms with Crippen molar-refractivity contribution in [1.82, 2.24) is 10.2 Å². The summed E-state index contributed by atoms with van der Waals surface area (Å²) >= 11 is 6.19. The fourth-order valence-corrected chi connectivity index (χ4v) is 4.27. The van der Waals surface area contributed by atoms with Crippen LogP contribution in [0.15, 0.2) is 18.2 Å². The normalized spacial score (nSPS) is 22.0.